The van der Waals surface area contributed by atoms with Gasteiger partial charge in [0.2, 0.25) is 0 Å². The Hall–Kier alpha value is -1.51. The molecule has 9 heteroatoms. The summed E-state index contributed by atoms with van der Waals surface area (Å²) in [7, 11) is -3.21. The number of aromatic nitrogens is 1. The molecule has 0 N–H and O–H groups in total. The van der Waals surface area contributed by atoms with Crippen LogP contribution in [0.1, 0.15) is 0 Å². The molecule has 0 saturated carbocycles. The van der Waals surface area contributed by atoms with Crippen LogP contribution in [-0.2, 0) is 10.8 Å². The maximum atomic E-state index is 11.9. The fourth-order valence-electron chi connectivity index (χ4n) is 0.724. The zero-order valence-corrected chi connectivity index (χ0v) is 7.71. The first-order valence-corrected chi connectivity index (χ1v) is 4.56. The van der Waals surface area contributed by atoms with Gasteiger partial charge in [0.25, 0.3) is 0 Å². The van der Waals surface area contributed by atoms with Crippen molar-refractivity contribution < 1.29 is 22.3 Å². The molecule has 15 heavy (non-hydrogen) atoms. The van der Waals surface area contributed by atoms with Crippen molar-refractivity contribution in [1.29, 1.82) is 0 Å². The second kappa shape index (κ2) is 3.93. The fourth-order valence-corrected chi connectivity index (χ4v) is 1.33. The van der Waals surface area contributed by atoms with E-state index in [0.29, 0.717) is 6.20 Å². The molecule has 0 aliphatic heterocycles. The SMILES string of the molecule is O=[N+]([O-])c1ccc(S(=O)C(F)(F)F)cn1. The Labute approximate surface area is 83.5 Å². The highest BCUT2D eigenvalue weighted by Gasteiger charge is 2.38. The molecule has 1 aromatic heterocycles. The number of alkyl halides is 3. The number of rotatable bonds is 2. The number of nitrogens with zero attached hydrogens (tertiary/aromatic N) is 2. The predicted octanol–water partition coefficient (Wildman–Crippen LogP) is 1.62. The first kappa shape index (κ1) is 11.6. The zero-order chi connectivity index (χ0) is 11.6. The van der Waals surface area contributed by atoms with Crippen molar-refractivity contribution >= 4 is 16.6 Å². The number of hydrogen-bond acceptors (Lipinski definition) is 4. The summed E-state index contributed by atoms with van der Waals surface area (Å²) in [5, 5.41) is 10.1. The minimum atomic E-state index is -4.89. The van der Waals surface area contributed by atoms with Gasteiger partial charge in [0.15, 0.2) is 17.0 Å². The van der Waals surface area contributed by atoms with Gasteiger partial charge >= 0.3 is 11.3 Å². The lowest BCUT2D eigenvalue weighted by Crippen LogP contribution is -2.16. The lowest BCUT2D eigenvalue weighted by atomic mass is 10.5. The van der Waals surface area contributed by atoms with Crippen molar-refractivity contribution in [2.24, 2.45) is 0 Å². The number of pyridine rings is 1. The van der Waals surface area contributed by atoms with Gasteiger partial charge < -0.3 is 10.1 Å². The van der Waals surface area contributed by atoms with Crippen molar-refractivity contribution in [3.05, 3.63) is 28.4 Å². The summed E-state index contributed by atoms with van der Waals surface area (Å²) >= 11 is 0. The second-order valence-electron chi connectivity index (χ2n) is 2.32. The van der Waals surface area contributed by atoms with Crippen molar-refractivity contribution in [2.45, 2.75) is 10.4 Å². The molecule has 0 bridgehead atoms. The summed E-state index contributed by atoms with van der Waals surface area (Å²) in [5.74, 6) is -0.599. The van der Waals surface area contributed by atoms with Crippen LogP contribution in [0, 0.1) is 10.1 Å². The van der Waals surface area contributed by atoms with Crippen molar-refractivity contribution in [3.63, 3.8) is 0 Å². The standard InChI is InChI=1S/C6H3F3N2O3S/c7-6(8,9)15(14)4-1-2-5(10-3-4)11(12)13/h1-3H. The van der Waals surface area contributed by atoms with Gasteiger partial charge in [-0.1, -0.05) is 0 Å². The smallest absolute Gasteiger partial charge is 0.358 e. The molecule has 0 saturated heterocycles. The van der Waals surface area contributed by atoms with Gasteiger partial charge in [-0.15, -0.1) is 0 Å². The molecular weight excluding hydrogens is 237 g/mol. The number of hydrogen-bond donors (Lipinski definition) is 0. The average molecular weight is 240 g/mol. The van der Waals surface area contributed by atoms with Crippen molar-refractivity contribution in [1.82, 2.24) is 4.98 Å². The summed E-state index contributed by atoms with van der Waals surface area (Å²) in [6, 6.07) is 1.52. The minimum absolute atomic E-state index is 0.571. The lowest BCUT2D eigenvalue weighted by molar-refractivity contribution is -0.389. The topological polar surface area (TPSA) is 73.1 Å². The third kappa shape index (κ3) is 2.72. The van der Waals surface area contributed by atoms with Crippen LogP contribution in [0.2, 0.25) is 0 Å². The van der Waals surface area contributed by atoms with Gasteiger partial charge in [-0.25, -0.2) is 4.21 Å². The van der Waals surface area contributed by atoms with E-state index < -0.39 is 31.9 Å². The van der Waals surface area contributed by atoms with Gasteiger partial charge in [-0.3, -0.25) is 0 Å². The summed E-state index contributed by atoms with van der Waals surface area (Å²) in [6.07, 6.45) is 0.571. The Morgan fingerprint density at radius 1 is 1.40 bits per heavy atom. The molecule has 0 fully saturated rings. The largest absolute Gasteiger partial charge is 0.475 e. The second-order valence-corrected chi connectivity index (χ2v) is 3.80. The molecule has 0 aliphatic rings. The predicted molar refractivity (Wildman–Crippen MR) is 43.4 cm³/mol. The van der Waals surface area contributed by atoms with Crippen LogP contribution < -0.4 is 0 Å². The van der Waals surface area contributed by atoms with Crippen LogP contribution in [0.5, 0.6) is 0 Å². The van der Waals surface area contributed by atoms with Gasteiger partial charge in [0.1, 0.15) is 0 Å². The lowest BCUT2D eigenvalue weighted by Gasteiger charge is -2.03. The Balaban J connectivity index is 3.00. The fraction of sp³-hybridized carbons (Fsp3) is 0.167. The van der Waals surface area contributed by atoms with E-state index in [1.165, 1.54) is 0 Å². The normalized spacial score (nSPS) is 13.5. The van der Waals surface area contributed by atoms with E-state index in [1.54, 1.807) is 0 Å². The van der Waals surface area contributed by atoms with Crippen LogP contribution in [0.4, 0.5) is 19.0 Å². The summed E-state index contributed by atoms with van der Waals surface area (Å²) in [4.78, 5) is 11.8. The molecule has 1 heterocycles. The van der Waals surface area contributed by atoms with Crippen LogP contribution in [-0.4, -0.2) is 19.6 Å². The molecule has 1 aromatic rings. The monoisotopic (exact) mass is 240 g/mol. The molecule has 82 valence electrons. The summed E-state index contributed by atoms with van der Waals surface area (Å²) in [5.41, 5.74) is -4.89. The van der Waals surface area contributed by atoms with Crippen molar-refractivity contribution in [2.75, 3.05) is 0 Å². The van der Waals surface area contributed by atoms with E-state index in [0.717, 1.165) is 12.1 Å². The molecule has 0 radical (unpaired) electrons. The average Bonchev–Trinajstić information content (AvgIpc) is 2.15. The first-order chi connectivity index (χ1) is 6.82. The van der Waals surface area contributed by atoms with Crippen LogP contribution in [0.25, 0.3) is 0 Å². The molecule has 5 nitrogen and oxygen atoms in total. The van der Waals surface area contributed by atoms with E-state index in [-0.39, 0.29) is 0 Å². The highest BCUT2D eigenvalue weighted by atomic mass is 32.2. The van der Waals surface area contributed by atoms with E-state index in [4.69, 9.17) is 0 Å². The molecule has 0 aliphatic carbocycles. The van der Waals surface area contributed by atoms with Crippen LogP contribution in [0.3, 0.4) is 0 Å². The minimum Gasteiger partial charge on any atom is -0.358 e. The highest BCUT2D eigenvalue weighted by Crippen LogP contribution is 2.26. The van der Waals surface area contributed by atoms with Gasteiger partial charge in [0.05, 0.1) is 4.90 Å². The maximum Gasteiger partial charge on any atom is 0.475 e. The number of nitro groups is 1. The Morgan fingerprint density at radius 2 is 2.00 bits per heavy atom. The zero-order valence-electron chi connectivity index (χ0n) is 6.89. The quantitative estimate of drug-likeness (QED) is 0.581. The summed E-state index contributed by atoms with van der Waals surface area (Å²) < 4.78 is 46.5. The third-order valence-electron chi connectivity index (χ3n) is 1.33. The van der Waals surface area contributed by atoms with Gasteiger partial charge in [0, 0.05) is 6.07 Å². The molecule has 0 aromatic carbocycles. The van der Waals surface area contributed by atoms with Crippen molar-refractivity contribution in [3.8, 4) is 0 Å². The maximum absolute atomic E-state index is 11.9. The van der Waals surface area contributed by atoms with Crippen LogP contribution in [0.15, 0.2) is 23.2 Å². The highest BCUT2D eigenvalue weighted by molar-refractivity contribution is 7.86. The molecule has 0 spiro atoms. The van der Waals surface area contributed by atoms with E-state index in [2.05, 4.69) is 4.98 Å². The van der Waals surface area contributed by atoms with E-state index in [9.17, 15) is 27.5 Å². The Morgan fingerprint density at radius 3 is 2.33 bits per heavy atom. The molecule has 1 unspecified atom stereocenters. The Kier molecular flexibility index (Phi) is 3.03. The van der Waals surface area contributed by atoms with E-state index >= 15 is 0 Å². The number of halogens is 3. The Bertz CT molecular complexity index is 403. The summed E-state index contributed by atoms with van der Waals surface area (Å²) in [6.45, 7) is 0. The van der Waals surface area contributed by atoms with Gasteiger partial charge in [-0.05, 0) is 16.0 Å². The molecule has 0 amide bonds. The van der Waals surface area contributed by atoms with Gasteiger partial charge in [-0.2, -0.15) is 13.2 Å². The first-order valence-electron chi connectivity index (χ1n) is 3.41. The third-order valence-corrected chi connectivity index (χ3v) is 2.42. The molecule has 1 atom stereocenters. The molecular formula is C6H3F3N2O3S. The van der Waals surface area contributed by atoms with E-state index in [1.807, 2.05) is 0 Å². The molecule has 1 rings (SSSR count). The van der Waals surface area contributed by atoms with Crippen LogP contribution >= 0.6 is 0 Å².